The Morgan fingerprint density at radius 2 is 0.935 bits per heavy atom. The number of carbonyl (C=O) groups excluding carboxylic acids is 1. The van der Waals surface area contributed by atoms with E-state index in [1.54, 1.807) is 12.1 Å². The van der Waals surface area contributed by atoms with Gasteiger partial charge in [-0.1, -0.05) is 23.6 Å². The summed E-state index contributed by atoms with van der Waals surface area (Å²) in [6.07, 6.45) is 0. The molecule has 19 heteroatoms. The van der Waals surface area contributed by atoms with Crippen LogP contribution in [0.15, 0.2) is 24.3 Å². The molecule has 2 aromatic carbocycles. The molecule has 17 nitrogen and oxygen atoms in total. The maximum atomic E-state index is 12.4. The quantitative estimate of drug-likeness (QED) is 0.158. The number of rotatable bonds is 12. The first-order chi connectivity index (χ1) is 20.3. The monoisotopic (exact) mass is 864 g/mol. The van der Waals surface area contributed by atoms with E-state index < -0.39 is 16.1 Å². The van der Waals surface area contributed by atoms with Gasteiger partial charge in [-0.05, 0) is 76.3 Å². The second kappa shape index (κ2) is 27.6. The Labute approximate surface area is 319 Å². The number of ether oxygens (including phenoxy) is 2. The van der Waals surface area contributed by atoms with E-state index in [9.17, 15) is 10.2 Å². The summed E-state index contributed by atoms with van der Waals surface area (Å²) in [5.41, 5.74) is 3.57. The van der Waals surface area contributed by atoms with Crippen molar-refractivity contribution >= 4 is 5.97 Å². The van der Waals surface area contributed by atoms with Gasteiger partial charge in [0.05, 0.1) is 24.4 Å². The summed E-state index contributed by atoms with van der Waals surface area (Å²) in [5, 5.41) is 63.3. The Hall–Kier alpha value is -2.47. The number of hydrogen-bond donors (Lipinski definition) is 0. The van der Waals surface area contributed by atoms with Gasteiger partial charge < -0.3 is 74.9 Å². The number of nitrogens with zero attached hydrogens (tertiary/aromatic N) is 5. The number of hydrogen-bond acceptors (Lipinski definition) is 15. The number of aliphatic carboxylic acids is 1. The summed E-state index contributed by atoms with van der Waals surface area (Å²) >= 11 is 0. The molecule has 0 atom stereocenters. The van der Waals surface area contributed by atoms with Gasteiger partial charge in [0.15, 0.2) is 0 Å². The van der Waals surface area contributed by atoms with Crippen LogP contribution in [0.25, 0.3) is 0 Å². The summed E-state index contributed by atoms with van der Waals surface area (Å²) in [4.78, 5) is 32.0. The van der Waals surface area contributed by atoms with E-state index in [1.807, 2.05) is 40.1 Å². The van der Waals surface area contributed by atoms with Crippen molar-refractivity contribution in [1.82, 2.24) is 14.7 Å². The van der Waals surface area contributed by atoms with Crippen molar-refractivity contribution in [3.8, 4) is 23.0 Å². The third kappa shape index (κ3) is 25.7. The number of carbonyl (C=O) groups is 1. The van der Waals surface area contributed by atoms with Crippen molar-refractivity contribution in [2.75, 3.05) is 61.5 Å². The fourth-order valence-corrected chi connectivity index (χ4v) is 3.70. The zero-order valence-corrected chi connectivity index (χ0v) is 31.8. The van der Waals surface area contributed by atoms with Crippen LogP contribution in [0.3, 0.4) is 0 Å². The molecular formula is C27H40N5O12YbZn. The molecule has 0 amide bonds. The van der Waals surface area contributed by atoms with Gasteiger partial charge >= 0.3 is 66.4 Å². The molecule has 0 aromatic heterocycles. The first-order valence-corrected chi connectivity index (χ1v) is 12.9. The van der Waals surface area contributed by atoms with Crippen molar-refractivity contribution < 1.29 is 106 Å². The molecule has 2 rings (SSSR count). The van der Waals surface area contributed by atoms with Crippen molar-refractivity contribution in [3.05, 3.63) is 77.2 Å². The number of aryl methyl sites for hydroxylation is 2. The number of methoxy groups -OCH3 is 2. The second-order valence-electron chi connectivity index (χ2n) is 9.63. The van der Waals surface area contributed by atoms with Gasteiger partial charge in [0.2, 0.25) is 0 Å². The second-order valence-corrected chi connectivity index (χ2v) is 9.63. The minimum atomic E-state index is -1.75. The van der Waals surface area contributed by atoms with Crippen LogP contribution in [0, 0.1) is 91.4 Å². The van der Waals surface area contributed by atoms with Crippen LogP contribution >= 0.6 is 0 Å². The standard InChI is InChI=1S/C25H39N3O4.C2H4O2.2NO3.Yb.Zn/c1-18-12-20(24(29)22(14-18)31-6)16-27(4)10-8-26(3)9-11-28(5)17-21-13-19(2)15-23(32-7)25(21)30;1-2(3)4;2*2-1(3)4;;/h12-15,29-30H,8-11,16-17H2,1-7H3;1H3,(H,3,4);;;;/q;;2*-1;+3;+2/p-3. The molecule has 261 valence electrons. The van der Waals surface area contributed by atoms with Crippen LogP contribution in [0.2, 0.25) is 0 Å². The van der Waals surface area contributed by atoms with Crippen LogP contribution in [-0.2, 0) is 37.4 Å². The summed E-state index contributed by atoms with van der Waals surface area (Å²) in [7, 11) is 9.20. The average Bonchev–Trinajstić information content (AvgIpc) is 2.89. The Balaban J connectivity index is -0.000000540. The minimum Gasteiger partial charge on any atom is -0.870 e. The summed E-state index contributed by atoms with van der Waals surface area (Å²) in [5.74, 6) is -0.349. The molecule has 0 spiro atoms. The molecule has 0 aliphatic heterocycles. The normalized spacial score (nSPS) is 9.63. The first-order valence-electron chi connectivity index (χ1n) is 12.9. The number of carboxylic acids is 1. The molecule has 0 fully saturated rings. The van der Waals surface area contributed by atoms with Crippen molar-refractivity contribution in [2.24, 2.45) is 0 Å². The zero-order chi connectivity index (χ0) is 34.6. The van der Waals surface area contributed by atoms with Gasteiger partial charge in [0, 0.05) is 45.2 Å². The molecule has 0 N–H and O–H groups in total. The van der Waals surface area contributed by atoms with E-state index in [2.05, 4.69) is 21.7 Å². The van der Waals surface area contributed by atoms with Gasteiger partial charge in [-0.15, -0.1) is 0 Å². The third-order valence-corrected chi connectivity index (χ3v) is 5.60. The molecule has 0 aliphatic rings. The molecule has 0 saturated carbocycles. The maximum absolute atomic E-state index is 12.4. The molecule has 0 heterocycles. The van der Waals surface area contributed by atoms with Crippen molar-refractivity contribution in [3.63, 3.8) is 0 Å². The fourth-order valence-electron chi connectivity index (χ4n) is 3.70. The predicted molar refractivity (Wildman–Crippen MR) is 156 cm³/mol. The van der Waals surface area contributed by atoms with Gasteiger partial charge in [-0.3, -0.25) is 0 Å². The third-order valence-electron chi connectivity index (χ3n) is 5.60. The molecule has 0 unspecified atom stereocenters. The average molecular weight is 865 g/mol. The molecule has 1 radical (unpaired) electrons. The number of likely N-dealkylation sites (N-methyl/N-ethyl adjacent to an activating group) is 3. The van der Waals surface area contributed by atoms with Crippen LogP contribution in [0.4, 0.5) is 0 Å². The van der Waals surface area contributed by atoms with Crippen LogP contribution in [0.5, 0.6) is 23.0 Å². The molecule has 0 saturated heterocycles. The Morgan fingerprint density at radius 3 is 1.17 bits per heavy atom. The van der Waals surface area contributed by atoms with Crippen molar-refractivity contribution in [1.29, 1.82) is 0 Å². The SMILES string of the molecule is CC(=O)[O-].COc1cc(C)cc(CN(C)CCN(C)CCN(C)Cc2cc(C)cc(OC)c2[O-])c1[O-].O=[N+]([O-])[O-].O=[N+]([O-])[O-].[Yb+3].[Zn+2]. The molecular weight excluding hydrogens is 825 g/mol. The minimum absolute atomic E-state index is 0. The van der Waals surface area contributed by atoms with E-state index in [0.717, 1.165) is 55.4 Å². The summed E-state index contributed by atoms with van der Waals surface area (Å²) in [6.45, 7) is 9.54. The van der Waals surface area contributed by atoms with Crippen LogP contribution in [0.1, 0.15) is 29.2 Å². The van der Waals surface area contributed by atoms with E-state index in [0.29, 0.717) is 24.6 Å². The molecule has 0 bridgehead atoms. The van der Waals surface area contributed by atoms with E-state index in [4.69, 9.17) is 50.0 Å². The van der Waals surface area contributed by atoms with Crippen molar-refractivity contribution in [2.45, 2.75) is 33.9 Å². The zero-order valence-electron chi connectivity index (χ0n) is 27.2. The molecule has 0 aliphatic carbocycles. The van der Waals surface area contributed by atoms with Gasteiger partial charge in [-0.2, -0.15) is 0 Å². The number of carboxylic acid groups (broad SMARTS) is 1. The molecule has 2 aromatic rings. The van der Waals surface area contributed by atoms with Crippen LogP contribution in [-0.4, -0.2) is 92.4 Å². The van der Waals surface area contributed by atoms with Gasteiger partial charge in [-0.25, -0.2) is 0 Å². The smallest absolute Gasteiger partial charge is 0.870 e. The van der Waals surface area contributed by atoms with E-state index >= 15 is 0 Å². The fraction of sp³-hybridized carbons (Fsp3) is 0.519. The predicted octanol–water partition coefficient (Wildman–Crippen LogP) is 0.239. The van der Waals surface area contributed by atoms with Crippen LogP contribution < -0.4 is 24.8 Å². The Kier molecular flexibility index (Phi) is 30.3. The Bertz CT molecular complexity index is 1080. The maximum Gasteiger partial charge on any atom is 3.00 e. The Morgan fingerprint density at radius 1 is 0.696 bits per heavy atom. The summed E-state index contributed by atoms with van der Waals surface area (Å²) < 4.78 is 10.4. The molecule has 46 heavy (non-hydrogen) atoms. The number of benzene rings is 2. The summed E-state index contributed by atoms with van der Waals surface area (Å²) in [6, 6.07) is 7.42. The van der Waals surface area contributed by atoms with Gasteiger partial charge in [0.25, 0.3) is 0 Å². The van der Waals surface area contributed by atoms with Gasteiger partial charge in [0.1, 0.15) is 11.5 Å². The van der Waals surface area contributed by atoms with E-state index in [1.165, 1.54) is 14.2 Å². The van der Waals surface area contributed by atoms with E-state index in [-0.39, 0.29) is 77.9 Å². The largest absolute Gasteiger partial charge is 3.00 e. The first kappa shape index (κ1) is 50.4. The topological polar surface area (TPSA) is 247 Å².